The summed E-state index contributed by atoms with van der Waals surface area (Å²) in [6, 6.07) is 5.18. The van der Waals surface area contributed by atoms with Gasteiger partial charge < -0.3 is 9.73 Å². The Hall–Kier alpha value is -2.01. The maximum absolute atomic E-state index is 11.6. The molecule has 0 atom stereocenters. The van der Waals surface area contributed by atoms with Crippen LogP contribution in [0.15, 0.2) is 46.6 Å². The van der Waals surface area contributed by atoms with Gasteiger partial charge in [-0.1, -0.05) is 18.2 Å². The number of furan rings is 1. The van der Waals surface area contributed by atoms with Gasteiger partial charge in [-0.3, -0.25) is 9.48 Å². The Morgan fingerprint density at radius 3 is 3.06 bits per heavy atom. The normalized spacial score (nSPS) is 10.3. The minimum Gasteiger partial charge on any atom is -0.454 e. The van der Waals surface area contributed by atoms with E-state index in [2.05, 4.69) is 17.0 Å². The van der Waals surface area contributed by atoms with Crippen molar-refractivity contribution in [3.8, 4) is 0 Å². The third-order valence-electron chi connectivity index (χ3n) is 2.20. The molecule has 0 aliphatic rings. The highest BCUT2D eigenvalue weighted by Crippen LogP contribution is 2.09. The molecule has 2 aromatic rings. The summed E-state index contributed by atoms with van der Waals surface area (Å²) in [5, 5.41) is 7.00. The van der Waals surface area contributed by atoms with Gasteiger partial charge in [0.2, 0.25) is 0 Å². The number of nitrogens with one attached hydrogen (secondary N) is 1. The van der Waals surface area contributed by atoms with E-state index in [0.717, 1.165) is 0 Å². The minimum atomic E-state index is -0.316. The molecule has 0 aromatic carbocycles. The molecular weight excluding hydrogens is 254 g/mol. The highest BCUT2D eigenvalue weighted by atomic mass is 35.5. The van der Waals surface area contributed by atoms with Crippen molar-refractivity contribution >= 4 is 17.5 Å². The molecule has 0 radical (unpaired) electrons. The molecule has 1 N–H and O–H groups in total. The van der Waals surface area contributed by atoms with Crippen molar-refractivity contribution in [3.05, 3.63) is 53.7 Å². The summed E-state index contributed by atoms with van der Waals surface area (Å²) in [5.41, 5.74) is 0. The highest BCUT2D eigenvalue weighted by Gasteiger charge is 2.11. The monoisotopic (exact) mass is 265 g/mol. The van der Waals surface area contributed by atoms with Crippen LogP contribution in [0, 0.1) is 0 Å². The van der Waals surface area contributed by atoms with E-state index >= 15 is 0 Å². The number of carbonyl (C=O) groups is 1. The molecule has 0 saturated carbocycles. The molecule has 0 bridgehead atoms. The van der Waals surface area contributed by atoms with Crippen LogP contribution in [0.2, 0.25) is 0 Å². The highest BCUT2D eigenvalue weighted by molar-refractivity contribution is 6.29. The molecule has 94 valence electrons. The van der Waals surface area contributed by atoms with Gasteiger partial charge in [0, 0.05) is 17.4 Å². The quantitative estimate of drug-likeness (QED) is 0.900. The molecule has 2 aromatic heterocycles. The van der Waals surface area contributed by atoms with Crippen LogP contribution in [0.3, 0.4) is 0 Å². The van der Waals surface area contributed by atoms with Crippen molar-refractivity contribution in [3.63, 3.8) is 0 Å². The average Bonchev–Trinajstić information content (AvgIpc) is 2.98. The number of hydrogen-bond acceptors (Lipinski definition) is 3. The van der Waals surface area contributed by atoms with E-state index in [1.165, 1.54) is 0 Å². The topological polar surface area (TPSA) is 60.1 Å². The lowest BCUT2D eigenvalue weighted by molar-refractivity contribution is 0.0928. The fourth-order valence-corrected chi connectivity index (χ4v) is 1.47. The van der Waals surface area contributed by atoms with Gasteiger partial charge in [-0.25, -0.2) is 0 Å². The molecule has 2 rings (SSSR count). The van der Waals surface area contributed by atoms with E-state index in [4.69, 9.17) is 16.0 Å². The predicted molar refractivity (Wildman–Crippen MR) is 67.4 cm³/mol. The first kappa shape index (κ1) is 12.4. The third-order valence-corrected chi connectivity index (χ3v) is 2.34. The minimum absolute atomic E-state index is 0.218. The van der Waals surface area contributed by atoms with Crippen LogP contribution in [-0.4, -0.2) is 22.2 Å². The van der Waals surface area contributed by atoms with E-state index in [1.54, 1.807) is 23.0 Å². The summed E-state index contributed by atoms with van der Waals surface area (Å²) >= 11 is 5.56. The van der Waals surface area contributed by atoms with Crippen LogP contribution in [0.5, 0.6) is 0 Å². The second kappa shape index (κ2) is 5.55. The van der Waals surface area contributed by atoms with E-state index in [0.29, 0.717) is 17.3 Å². The molecule has 6 heteroatoms. The molecule has 2 heterocycles. The second-order valence-electron chi connectivity index (χ2n) is 3.67. The fraction of sp³-hybridized carbons (Fsp3) is 0.167. The molecule has 0 unspecified atom stereocenters. The van der Waals surface area contributed by atoms with Gasteiger partial charge in [-0.2, -0.15) is 5.10 Å². The van der Waals surface area contributed by atoms with Crippen molar-refractivity contribution in [1.29, 1.82) is 0 Å². The molecule has 0 aliphatic heterocycles. The van der Waals surface area contributed by atoms with Crippen molar-refractivity contribution < 1.29 is 9.21 Å². The Morgan fingerprint density at radius 1 is 1.56 bits per heavy atom. The van der Waals surface area contributed by atoms with Crippen LogP contribution >= 0.6 is 11.6 Å². The van der Waals surface area contributed by atoms with Crippen LogP contribution < -0.4 is 5.32 Å². The number of carbonyl (C=O) groups excluding carboxylic acids is 1. The lowest BCUT2D eigenvalue weighted by Gasteiger charge is -2.01. The Bertz CT molecular complexity index is 545. The van der Waals surface area contributed by atoms with Crippen LogP contribution in [0.4, 0.5) is 0 Å². The first-order valence-corrected chi connectivity index (χ1v) is 5.70. The predicted octanol–water partition coefficient (Wildman–Crippen LogP) is 2.01. The third kappa shape index (κ3) is 3.24. The summed E-state index contributed by atoms with van der Waals surface area (Å²) in [5.74, 6) is 0.590. The van der Waals surface area contributed by atoms with Gasteiger partial charge >= 0.3 is 0 Å². The van der Waals surface area contributed by atoms with Crippen LogP contribution in [0.1, 0.15) is 16.3 Å². The SMILES string of the molecule is C=C(Cl)CNC(=O)c1ccc(Cn2cccn2)o1. The number of aromatic nitrogens is 2. The zero-order chi connectivity index (χ0) is 13.0. The van der Waals surface area contributed by atoms with Gasteiger partial charge in [-0.05, 0) is 18.2 Å². The molecule has 5 nitrogen and oxygen atoms in total. The summed E-state index contributed by atoms with van der Waals surface area (Å²) in [6.07, 6.45) is 3.50. The summed E-state index contributed by atoms with van der Waals surface area (Å²) < 4.78 is 7.11. The Balaban J connectivity index is 1.97. The molecule has 0 fully saturated rings. The Morgan fingerprint density at radius 2 is 2.39 bits per heavy atom. The van der Waals surface area contributed by atoms with Gasteiger partial charge in [0.25, 0.3) is 5.91 Å². The van der Waals surface area contributed by atoms with E-state index in [9.17, 15) is 4.79 Å². The Kier molecular flexibility index (Phi) is 3.84. The second-order valence-corrected chi connectivity index (χ2v) is 4.20. The molecule has 0 saturated heterocycles. The van der Waals surface area contributed by atoms with Gasteiger partial charge in [0.15, 0.2) is 5.76 Å². The molecule has 18 heavy (non-hydrogen) atoms. The fourth-order valence-electron chi connectivity index (χ4n) is 1.40. The molecular formula is C12H12ClN3O2. The van der Waals surface area contributed by atoms with Crippen LogP contribution in [0.25, 0.3) is 0 Å². The van der Waals surface area contributed by atoms with Gasteiger partial charge in [-0.15, -0.1) is 0 Å². The summed E-state index contributed by atoms with van der Waals surface area (Å²) in [4.78, 5) is 11.6. The van der Waals surface area contributed by atoms with Crippen molar-refractivity contribution in [1.82, 2.24) is 15.1 Å². The first-order valence-electron chi connectivity index (χ1n) is 5.33. The molecule has 0 aliphatic carbocycles. The lowest BCUT2D eigenvalue weighted by atomic mass is 10.4. The van der Waals surface area contributed by atoms with Gasteiger partial charge in [0.05, 0.1) is 13.1 Å². The number of amides is 1. The van der Waals surface area contributed by atoms with E-state index in [-0.39, 0.29) is 18.2 Å². The maximum Gasteiger partial charge on any atom is 0.287 e. The smallest absolute Gasteiger partial charge is 0.287 e. The van der Waals surface area contributed by atoms with Gasteiger partial charge in [0.1, 0.15) is 5.76 Å². The largest absolute Gasteiger partial charge is 0.454 e. The number of rotatable bonds is 5. The summed E-state index contributed by atoms with van der Waals surface area (Å²) in [7, 11) is 0. The Labute approximate surface area is 109 Å². The standard InChI is InChI=1S/C12H12ClN3O2/c1-9(13)7-14-12(17)11-4-3-10(18-11)8-16-6-2-5-15-16/h2-6H,1,7-8H2,(H,14,17). The van der Waals surface area contributed by atoms with Crippen LogP contribution in [-0.2, 0) is 6.54 Å². The zero-order valence-electron chi connectivity index (χ0n) is 9.60. The average molecular weight is 266 g/mol. The van der Waals surface area contributed by atoms with Crippen molar-refractivity contribution in [2.45, 2.75) is 6.54 Å². The maximum atomic E-state index is 11.6. The van der Waals surface area contributed by atoms with E-state index < -0.39 is 0 Å². The van der Waals surface area contributed by atoms with Crippen molar-refractivity contribution in [2.24, 2.45) is 0 Å². The molecule has 0 spiro atoms. The molecule has 1 amide bonds. The number of hydrogen-bond donors (Lipinski definition) is 1. The lowest BCUT2D eigenvalue weighted by Crippen LogP contribution is -2.23. The van der Waals surface area contributed by atoms with E-state index in [1.807, 2.05) is 12.3 Å². The zero-order valence-corrected chi connectivity index (χ0v) is 10.4. The number of halogens is 1. The summed E-state index contributed by atoms with van der Waals surface area (Å²) in [6.45, 7) is 4.19. The number of nitrogens with zero attached hydrogens (tertiary/aromatic N) is 2. The van der Waals surface area contributed by atoms with Crippen molar-refractivity contribution in [2.75, 3.05) is 6.54 Å². The first-order chi connectivity index (χ1) is 8.65.